The van der Waals surface area contributed by atoms with Crippen molar-refractivity contribution in [2.45, 2.75) is 83.1 Å². The van der Waals surface area contributed by atoms with Crippen LogP contribution in [-0.2, 0) is 0 Å². The third kappa shape index (κ3) is 4.42. The number of nitrogens with zero attached hydrogens (tertiary/aromatic N) is 4. The average molecular weight is 451 g/mol. The van der Waals surface area contributed by atoms with Crippen molar-refractivity contribution in [1.29, 1.82) is 0 Å². The van der Waals surface area contributed by atoms with Gasteiger partial charge in [-0.2, -0.15) is 0 Å². The van der Waals surface area contributed by atoms with E-state index in [-0.39, 0.29) is 5.91 Å². The number of anilines is 1. The van der Waals surface area contributed by atoms with Gasteiger partial charge >= 0.3 is 0 Å². The first kappa shape index (κ1) is 21.9. The molecule has 2 atom stereocenters. The van der Waals surface area contributed by atoms with E-state index in [1.54, 1.807) is 0 Å². The van der Waals surface area contributed by atoms with Gasteiger partial charge in [0.05, 0.1) is 5.56 Å². The Balaban J connectivity index is 1.02. The summed E-state index contributed by atoms with van der Waals surface area (Å²) in [6, 6.07) is 5.03. The van der Waals surface area contributed by atoms with Crippen molar-refractivity contribution < 1.29 is 4.79 Å². The van der Waals surface area contributed by atoms with Crippen LogP contribution in [-0.4, -0.2) is 66.0 Å². The molecule has 33 heavy (non-hydrogen) atoms. The molecule has 2 aliphatic carbocycles. The fourth-order valence-electron chi connectivity index (χ4n) is 7.49. The quantitative estimate of drug-likeness (QED) is 0.652. The summed E-state index contributed by atoms with van der Waals surface area (Å²) in [4.78, 5) is 25.2. The number of likely N-dealkylation sites (tertiary alicyclic amines) is 2. The normalized spacial score (nSPS) is 30.7. The van der Waals surface area contributed by atoms with Gasteiger partial charge < -0.3 is 14.7 Å². The summed E-state index contributed by atoms with van der Waals surface area (Å²) in [5, 5.41) is 0. The van der Waals surface area contributed by atoms with Crippen LogP contribution < -0.4 is 4.90 Å². The van der Waals surface area contributed by atoms with Crippen LogP contribution in [0.1, 0.15) is 87.4 Å². The molecule has 5 nitrogen and oxygen atoms in total. The Bertz CT molecular complexity index is 817. The summed E-state index contributed by atoms with van der Waals surface area (Å²) in [7, 11) is 0. The number of rotatable bonds is 3. The zero-order valence-corrected chi connectivity index (χ0v) is 20.4. The van der Waals surface area contributed by atoms with Gasteiger partial charge in [0, 0.05) is 38.4 Å². The maximum atomic E-state index is 13.1. The lowest BCUT2D eigenvalue weighted by atomic mass is 9.70. The molecule has 1 amide bonds. The molecule has 5 heteroatoms. The van der Waals surface area contributed by atoms with E-state index in [4.69, 9.17) is 4.98 Å². The molecular formula is C28H42N4O. The second kappa shape index (κ2) is 9.20. The molecule has 5 fully saturated rings. The van der Waals surface area contributed by atoms with E-state index in [1.807, 2.05) is 12.3 Å². The number of carbonyl (C=O) groups excluding carboxylic acids is 1. The zero-order valence-electron chi connectivity index (χ0n) is 20.4. The van der Waals surface area contributed by atoms with Crippen molar-refractivity contribution >= 4 is 11.7 Å². The summed E-state index contributed by atoms with van der Waals surface area (Å²) in [5.74, 6) is 2.83. The van der Waals surface area contributed by atoms with Crippen LogP contribution in [0.15, 0.2) is 18.3 Å². The number of aromatic nitrogens is 1. The van der Waals surface area contributed by atoms with Crippen LogP contribution >= 0.6 is 0 Å². The van der Waals surface area contributed by atoms with Crippen molar-refractivity contribution in [3.8, 4) is 0 Å². The Morgan fingerprint density at radius 1 is 0.818 bits per heavy atom. The highest BCUT2D eigenvalue weighted by Gasteiger charge is 2.40. The highest BCUT2D eigenvalue weighted by atomic mass is 16.2. The van der Waals surface area contributed by atoms with Crippen LogP contribution in [0.25, 0.3) is 0 Å². The van der Waals surface area contributed by atoms with Gasteiger partial charge in [0.15, 0.2) is 0 Å². The maximum Gasteiger partial charge on any atom is 0.255 e. The molecule has 6 rings (SSSR count). The Hall–Kier alpha value is -1.62. The van der Waals surface area contributed by atoms with Crippen LogP contribution in [0.4, 0.5) is 5.82 Å². The monoisotopic (exact) mass is 450 g/mol. The molecule has 5 aliphatic rings. The Labute approximate surface area is 199 Å². The molecule has 4 heterocycles. The van der Waals surface area contributed by atoms with E-state index in [2.05, 4.69) is 20.8 Å². The Kier molecular flexibility index (Phi) is 6.10. The van der Waals surface area contributed by atoms with Gasteiger partial charge in [-0.05, 0) is 93.8 Å². The van der Waals surface area contributed by atoms with Crippen molar-refractivity contribution in [1.82, 2.24) is 14.8 Å². The number of amides is 1. The predicted molar refractivity (Wildman–Crippen MR) is 133 cm³/mol. The maximum absolute atomic E-state index is 13.1. The molecule has 1 aromatic rings. The Morgan fingerprint density at radius 3 is 2.21 bits per heavy atom. The van der Waals surface area contributed by atoms with Crippen molar-refractivity contribution in [2.24, 2.45) is 17.3 Å². The predicted octanol–water partition coefficient (Wildman–Crippen LogP) is 4.97. The van der Waals surface area contributed by atoms with Crippen molar-refractivity contribution in [3.63, 3.8) is 0 Å². The number of carbonyl (C=O) groups is 1. The molecule has 0 bridgehead atoms. The minimum absolute atomic E-state index is 0.189. The smallest absolute Gasteiger partial charge is 0.255 e. The van der Waals surface area contributed by atoms with E-state index in [1.165, 1.54) is 90.1 Å². The largest absolute Gasteiger partial charge is 0.357 e. The highest BCUT2D eigenvalue weighted by molar-refractivity contribution is 5.94. The van der Waals surface area contributed by atoms with Crippen LogP contribution in [0, 0.1) is 17.3 Å². The first-order valence-corrected chi connectivity index (χ1v) is 13.9. The summed E-state index contributed by atoms with van der Waals surface area (Å²) in [5.41, 5.74) is 1.34. The average Bonchev–Trinajstić information content (AvgIpc) is 2.84. The lowest BCUT2D eigenvalue weighted by Crippen LogP contribution is -2.51. The fourth-order valence-corrected chi connectivity index (χ4v) is 7.49. The standard InChI is InChI=1S/C28H42N4O/c33-27(32-15-10-22-4-1-2-5-24(22)21-32)23-8-9-26(29-20-23)31-18-13-28(14-19-31)11-16-30(17-12-28)25-6-3-7-25/h8-9,20,22,24-25H,1-7,10-19,21H2/t22-,24-/m1/s1. The summed E-state index contributed by atoms with van der Waals surface area (Å²) in [6.45, 7) is 6.74. The molecule has 1 aromatic heterocycles. The molecule has 180 valence electrons. The van der Waals surface area contributed by atoms with E-state index < -0.39 is 0 Å². The molecule has 3 saturated heterocycles. The molecule has 0 aromatic carbocycles. The fraction of sp³-hybridized carbons (Fsp3) is 0.786. The van der Waals surface area contributed by atoms with Gasteiger partial charge in [0.25, 0.3) is 5.91 Å². The van der Waals surface area contributed by atoms with Crippen LogP contribution in [0.3, 0.4) is 0 Å². The highest BCUT2D eigenvalue weighted by Crippen LogP contribution is 2.43. The molecule has 3 aliphatic heterocycles. The zero-order chi connectivity index (χ0) is 22.3. The third-order valence-electron chi connectivity index (χ3n) is 10.2. The lowest BCUT2D eigenvalue weighted by Gasteiger charge is -2.50. The van der Waals surface area contributed by atoms with Gasteiger partial charge in [-0.15, -0.1) is 0 Å². The molecule has 0 N–H and O–H groups in total. The number of hydrogen-bond acceptors (Lipinski definition) is 4. The number of fused-ring (bicyclic) bond motifs is 1. The van der Waals surface area contributed by atoms with Gasteiger partial charge in [0.1, 0.15) is 5.82 Å². The summed E-state index contributed by atoms with van der Waals surface area (Å²) in [6.07, 6.45) is 18.1. The lowest BCUT2D eigenvalue weighted by molar-refractivity contribution is 0.0305. The molecule has 1 spiro atoms. The van der Waals surface area contributed by atoms with Crippen LogP contribution in [0.5, 0.6) is 0 Å². The first-order chi connectivity index (χ1) is 16.2. The van der Waals surface area contributed by atoms with E-state index >= 15 is 0 Å². The van der Waals surface area contributed by atoms with E-state index in [0.717, 1.165) is 55.4 Å². The second-order valence-electron chi connectivity index (χ2n) is 11.9. The number of piperidine rings is 3. The summed E-state index contributed by atoms with van der Waals surface area (Å²) < 4.78 is 0. The van der Waals surface area contributed by atoms with E-state index in [0.29, 0.717) is 5.41 Å². The molecule has 2 saturated carbocycles. The Morgan fingerprint density at radius 2 is 1.55 bits per heavy atom. The van der Waals surface area contributed by atoms with Gasteiger partial charge in [-0.3, -0.25) is 4.79 Å². The minimum atomic E-state index is 0.189. The van der Waals surface area contributed by atoms with Gasteiger partial charge in [0.2, 0.25) is 0 Å². The van der Waals surface area contributed by atoms with Crippen molar-refractivity contribution in [3.05, 3.63) is 23.9 Å². The van der Waals surface area contributed by atoms with Gasteiger partial charge in [-0.25, -0.2) is 4.98 Å². The van der Waals surface area contributed by atoms with E-state index in [9.17, 15) is 4.79 Å². The summed E-state index contributed by atoms with van der Waals surface area (Å²) >= 11 is 0. The SMILES string of the molecule is O=C(c1ccc(N2CCC3(CC2)CCN(C2CCC2)CC3)nc1)N1CC[C@H]2CCCC[C@@H]2C1. The molecular weight excluding hydrogens is 408 g/mol. The van der Waals surface area contributed by atoms with Gasteiger partial charge in [-0.1, -0.05) is 25.7 Å². The number of pyridine rings is 1. The topological polar surface area (TPSA) is 39.7 Å². The van der Waals surface area contributed by atoms with Crippen molar-refractivity contribution in [2.75, 3.05) is 44.2 Å². The first-order valence-electron chi connectivity index (χ1n) is 13.9. The number of hydrogen-bond donors (Lipinski definition) is 0. The molecule has 0 unspecified atom stereocenters. The molecule has 0 radical (unpaired) electrons. The second-order valence-corrected chi connectivity index (χ2v) is 11.9. The third-order valence-corrected chi connectivity index (χ3v) is 10.2. The minimum Gasteiger partial charge on any atom is -0.357 e. The van der Waals surface area contributed by atoms with Crippen LogP contribution in [0.2, 0.25) is 0 Å².